The SMILES string of the molecule is Cc1sc(-c2ccc(OCCOCCOCC(=O)O)cc2)cc1C1=C(c2cc(-c3ccc(OCCOCCOCC(=O)O)cc3)sc2C)C(F)(F)C(F)(F)C1(F)F. The number of hydrogen-bond acceptors (Lipinski definition) is 10. The maximum absolute atomic E-state index is 15.8. The number of allylic oxidation sites excluding steroid dienone is 2. The monoisotopic (exact) mass is 844 g/mol. The number of carbonyl (C=O) groups is 2. The zero-order valence-corrected chi connectivity index (χ0v) is 32.2. The van der Waals surface area contributed by atoms with Crippen LogP contribution in [0.3, 0.4) is 0 Å². The Morgan fingerprint density at radius 3 is 1.23 bits per heavy atom. The van der Waals surface area contributed by atoms with E-state index in [2.05, 4.69) is 0 Å². The number of hydrogen-bond donors (Lipinski definition) is 2. The highest BCUT2D eigenvalue weighted by Crippen LogP contribution is 2.66. The van der Waals surface area contributed by atoms with Gasteiger partial charge in [0.25, 0.3) is 0 Å². The molecule has 2 aromatic heterocycles. The lowest BCUT2D eigenvalue weighted by Gasteiger charge is -2.25. The summed E-state index contributed by atoms with van der Waals surface area (Å²) in [5, 5.41) is 17.1. The molecule has 0 saturated carbocycles. The molecular weight excluding hydrogens is 807 g/mol. The second-order valence-electron chi connectivity index (χ2n) is 12.5. The normalized spacial score (nSPS) is 15.6. The topological polar surface area (TPSA) is 130 Å². The molecule has 10 nitrogen and oxygen atoms in total. The van der Waals surface area contributed by atoms with Gasteiger partial charge in [0.1, 0.15) is 37.9 Å². The third-order valence-corrected chi connectivity index (χ3v) is 10.7. The Balaban J connectivity index is 1.31. The number of aliphatic carboxylic acids is 2. The third kappa shape index (κ3) is 10.2. The van der Waals surface area contributed by atoms with E-state index in [4.69, 9.17) is 38.6 Å². The van der Waals surface area contributed by atoms with Crippen molar-refractivity contribution in [2.75, 3.05) is 66.1 Å². The molecular formula is C39H38F6O10S2. The van der Waals surface area contributed by atoms with Crippen LogP contribution >= 0.6 is 22.7 Å². The van der Waals surface area contributed by atoms with Gasteiger partial charge in [-0.25, -0.2) is 9.59 Å². The number of carboxylic acid groups (broad SMARTS) is 2. The molecule has 0 saturated heterocycles. The van der Waals surface area contributed by atoms with Crippen LogP contribution in [0.5, 0.6) is 11.5 Å². The molecule has 2 aromatic carbocycles. The standard InChI is InChI=1S/C39H38F6O10S2/c1-23-29(19-31(56-23)25-3-7-27(8-4-25)54-17-15-50-11-13-52-21-33(46)47)35-36(38(42,43)39(44,45)37(35,40)41)30-20-32(57-24(30)2)26-5-9-28(10-6-26)55-18-16-51-12-14-53-22-34(48)49/h3-10,19-20H,11-18,21-22H2,1-2H3,(H,46,47)(H,48,49). The number of benzene rings is 2. The molecule has 18 heteroatoms. The molecule has 0 bridgehead atoms. The quantitative estimate of drug-likeness (QED) is 0.0586. The molecule has 0 radical (unpaired) electrons. The van der Waals surface area contributed by atoms with Gasteiger partial charge in [0.05, 0.1) is 39.6 Å². The molecule has 1 aliphatic carbocycles. The summed E-state index contributed by atoms with van der Waals surface area (Å²) < 4.78 is 125. The predicted molar refractivity (Wildman–Crippen MR) is 200 cm³/mol. The van der Waals surface area contributed by atoms with Crippen LogP contribution in [-0.2, 0) is 28.5 Å². The Bertz CT molecular complexity index is 1890. The van der Waals surface area contributed by atoms with Gasteiger partial charge in [0.2, 0.25) is 0 Å². The van der Waals surface area contributed by atoms with Crippen molar-refractivity contribution in [1.29, 1.82) is 0 Å². The van der Waals surface area contributed by atoms with E-state index in [0.717, 1.165) is 22.7 Å². The van der Waals surface area contributed by atoms with Gasteiger partial charge in [0, 0.05) is 30.7 Å². The van der Waals surface area contributed by atoms with Gasteiger partial charge in [-0.15, -0.1) is 22.7 Å². The summed E-state index contributed by atoms with van der Waals surface area (Å²) in [5.74, 6) is -17.4. The molecule has 2 heterocycles. The van der Waals surface area contributed by atoms with Crippen LogP contribution in [0, 0.1) is 13.8 Å². The van der Waals surface area contributed by atoms with Crippen LogP contribution in [0.4, 0.5) is 26.3 Å². The second-order valence-corrected chi connectivity index (χ2v) is 15.0. The smallest absolute Gasteiger partial charge is 0.380 e. The Kier molecular flexibility index (Phi) is 14.4. The van der Waals surface area contributed by atoms with Crippen LogP contribution in [-0.4, -0.2) is 106 Å². The lowest BCUT2D eigenvalue weighted by molar-refractivity contribution is -0.254. The fourth-order valence-corrected chi connectivity index (χ4v) is 7.87. The van der Waals surface area contributed by atoms with Gasteiger partial charge in [-0.1, -0.05) is 0 Å². The molecule has 5 rings (SSSR count). The summed E-state index contributed by atoms with van der Waals surface area (Å²) in [5.41, 5.74) is -2.60. The molecule has 0 amide bonds. The van der Waals surface area contributed by atoms with E-state index in [0.29, 0.717) is 32.4 Å². The zero-order valence-electron chi connectivity index (χ0n) is 30.6. The summed E-state index contributed by atoms with van der Waals surface area (Å²) in [4.78, 5) is 22.0. The summed E-state index contributed by atoms with van der Waals surface area (Å²) >= 11 is 2.00. The average molecular weight is 845 g/mol. The van der Waals surface area contributed by atoms with Crippen molar-refractivity contribution >= 4 is 45.8 Å². The highest BCUT2D eigenvalue weighted by Gasteiger charge is 2.80. The van der Waals surface area contributed by atoms with E-state index in [-0.39, 0.29) is 62.6 Å². The number of ether oxygens (including phenoxy) is 6. The Morgan fingerprint density at radius 1 is 0.544 bits per heavy atom. The van der Waals surface area contributed by atoms with Crippen molar-refractivity contribution in [3.63, 3.8) is 0 Å². The summed E-state index contributed by atoms with van der Waals surface area (Å²) in [6, 6.07) is 15.4. The summed E-state index contributed by atoms with van der Waals surface area (Å²) in [6.07, 6.45) is 0. The first-order valence-corrected chi connectivity index (χ1v) is 19.0. The lowest BCUT2D eigenvalue weighted by Crippen LogP contribution is -2.48. The highest BCUT2D eigenvalue weighted by molar-refractivity contribution is 7.16. The molecule has 0 unspecified atom stereocenters. The van der Waals surface area contributed by atoms with Crippen molar-refractivity contribution in [1.82, 2.24) is 0 Å². The number of aryl methyl sites for hydroxylation is 2. The molecule has 0 fully saturated rings. The van der Waals surface area contributed by atoms with Crippen molar-refractivity contribution in [3.8, 4) is 32.4 Å². The molecule has 2 N–H and O–H groups in total. The van der Waals surface area contributed by atoms with Gasteiger partial charge in [-0.05, 0) is 96.8 Å². The average Bonchev–Trinajstić information content (AvgIpc) is 3.76. The first-order valence-electron chi connectivity index (χ1n) is 17.4. The minimum absolute atomic E-state index is 0.0971. The van der Waals surface area contributed by atoms with E-state index in [1.54, 1.807) is 48.5 Å². The van der Waals surface area contributed by atoms with E-state index in [1.165, 1.54) is 26.0 Å². The number of rotatable bonds is 22. The zero-order chi connectivity index (χ0) is 41.4. The lowest BCUT2D eigenvalue weighted by atomic mass is 9.94. The van der Waals surface area contributed by atoms with Gasteiger partial charge >= 0.3 is 29.7 Å². The van der Waals surface area contributed by atoms with Crippen molar-refractivity contribution in [2.45, 2.75) is 31.6 Å². The van der Waals surface area contributed by atoms with Crippen LogP contribution in [0.15, 0.2) is 60.7 Å². The molecule has 308 valence electrons. The largest absolute Gasteiger partial charge is 0.491 e. The fraction of sp³-hybridized carbons (Fsp3) is 0.385. The molecule has 1 aliphatic rings. The van der Waals surface area contributed by atoms with Gasteiger partial charge in [-0.3, -0.25) is 0 Å². The van der Waals surface area contributed by atoms with Gasteiger partial charge in [-0.2, -0.15) is 26.3 Å². The molecule has 0 atom stereocenters. The third-order valence-electron chi connectivity index (χ3n) is 8.51. The second kappa shape index (κ2) is 18.9. The van der Waals surface area contributed by atoms with Crippen molar-refractivity contribution < 1.29 is 74.6 Å². The Morgan fingerprint density at radius 2 is 0.877 bits per heavy atom. The molecule has 0 aliphatic heterocycles. The number of carboxylic acids is 2. The maximum atomic E-state index is 15.8. The first-order chi connectivity index (χ1) is 27.0. The molecule has 57 heavy (non-hydrogen) atoms. The van der Waals surface area contributed by atoms with Crippen molar-refractivity contribution in [2.24, 2.45) is 0 Å². The minimum Gasteiger partial charge on any atom is -0.491 e. The number of halogens is 6. The van der Waals surface area contributed by atoms with E-state index in [9.17, 15) is 9.59 Å². The van der Waals surface area contributed by atoms with Crippen LogP contribution in [0.1, 0.15) is 20.9 Å². The number of thiophene rings is 2. The van der Waals surface area contributed by atoms with Crippen molar-refractivity contribution in [3.05, 3.63) is 81.5 Å². The van der Waals surface area contributed by atoms with Gasteiger partial charge in [0.15, 0.2) is 0 Å². The van der Waals surface area contributed by atoms with Crippen LogP contribution in [0.25, 0.3) is 32.0 Å². The van der Waals surface area contributed by atoms with E-state index >= 15 is 26.3 Å². The minimum atomic E-state index is -5.71. The van der Waals surface area contributed by atoms with Crippen LogP contribution in [0.2, 0.25) is 0 Å². The first kappa shape index (κ1) is 43.7. The maximum Gasteiger partial charge on any atom is 0.380 e. The fourth-order valence-electron chi connectivity index (χ4n) is 5.80. The summed E-state index contributed by atoms with van der Waals surface area (Å²) in [7, 11) is 0. The Hall–Kier alpha value is -4.46. The van der Waals surface area contributed by atoms with Gasteiger partial charge < -0.3 is 38.6 Å². The van der Waals surface area contributed by atoms with Crippen LogP contribution < -0.4 is 9.47 Å². The van der Waals surface area contributed by atoms with E-state index < -0.39 is 65.2 Å². The van der Waals surface area contributed by atoms with E-state index in [1.807, 2.05) is 0 Å². The number of alkyl halides is 6. The summed E-state index contributed by atoms with van der Waals surface area (Å²) in [6.45, 7) is 3.19. The Labute approximate surface area is 331 Å². The molecule has 0 spiro atoms. The highest BCUT2D eigenvalue weighted by atomic mass is 32.1. The predicted octanol–water partition coefficient (Wildman–Crippen LogP) is 8.58. The molecule has 4 aromatic rings.